The maximum atomic E-state index is 2.50. The highest BCUT2D eigenvalue weighted by Gasteiger charge is 2.12. The molecule has 0 amide bonds. The minimum Gasteiger partial charge on any atom is -0.135 e. The molecule has 134 valence electrons. The van der Waals surface area contributed by atoms with E-state index in [1.807, 2.05) is 22.7 Å². The Morgan fingerprint density at radius 2 is 1.39 bits per heavy atom. The highest BCUT2D eigenvalue weighted by molar-refractivity contribution is 14.1. The molecule has 0 saturated heterocycles. The van der Waals surface area contributed by atoms with Crippen LogP contribution in [0.25, 0.3) is 51.5 Å². The highest BCUT2D eigenvalue weighted by Crippen LogP contribution is 2.41. The molecule has 0 aliphatic heterocycles. The molecule has 6 rings (SSSR count). The lowest BCUT2D eigenvalue weighted by molar-refractivity contribution is 1.52. The van der Waals surface area contributed by atoms with Crippen molar-refractivity contribution < 1.29 is 0 Å². The van der Waals surface area contributed by atoms with Crippen molar-refractivity contribution in [2.24, 2.45) is 0 Å². The molecule has 0 fully saturated rings. The third-order valence-electron chi connectivity index (χ3n) is 5.39. The normalized spacial score (nSPS) is 11.9. The van der Waals surface area contributed by atoms with Crippen molar-refractivity contribution in [1.29, 1.82) is 0 Å². The second-order valence-electron chi connectivity index (χ2n) is 7.24. The molecular formula is C25H15IS2. The summed E-state index contributed by atoms with van der Waals surface area (Å²) >= 11 is 6.28. The highest BCUT2D eigenvalue weighted by atomic mass is 127. The van der Waals surface area contributed by atoms with Crippen LogP contribution >= 0.6 is 45.3 Å². The zero-order valence-electron chi connectivity index (χ0n) is 15.1. The van der Waals surface area contributed by atoms with Crippen LogP contribution in [0.2, 0.25) is 0 Å². The minimum absolute atomic E-state index is 1.30. The van der Waals surface area contributed by atoms with Crippen LogP contribution in [-0.2, 0) is 0 Å². The summed E-state index contributed by atoms with van der Waals surface area (Å²) in [6.07, 6.45) is 0. The second kappa shape index (κ2) is 6.28. The SMILES string of the molecule is Cc1ccc2sc3cc(-c4cc(I)c5c(c4)sc4ccccc45)ccc3c2c1. The molecule has 4 aromatic carbocycles. The molecule has 0 nitrogen and oxygen atoms in total. The van der Waals surface area contributed by atoms with Gasteiger partial charge in [-0.05, 0) is 77.0 Å². The molecule has 0 aliphatic rings. The van der Waals surface area contributed by atoms with E-state index in [4.69, 9.17) is 0 Å². The predicted octanol–water partition coefficient (Wildman–Crippen LogP) is 9.00. The third kappa shape index (κ3) is 2.53. The first-order valence-corrected chi connectivity index (χ1v) is 11.9. The fraction of sp³-hybridized carbons (Fsp3) is 0.0400. The van der Waals surface area contributed by atoms with E-state index in [-0.39, 0.29) is 0 Å². The van der Waals surface area contributed by atoms with Gasteiger partial charge in [-0.3, -0.25) is 0 Å². The molecule has 2 heterocycles. The first-order valence-electron chi connectivity index (χ1n) is 9.21. The molecule has 0 saturated carbocycles. The van der Waals surface area contributed by atoms with E-state index in [2.05, 4.69) is 102 Å². The number of hydrogen-bond acceptors (Lipinski definition) is 2. The van der Waals surface area contributed by atoms with Crippen molar-refractivity contribution in [2.75, 3.05) is 0 Å². The van der Waals surface area contributed by atoms with Gasteiger partial charge in [0, 0.05) is 43.9 Å². The number of aryl methyl sites for hydroxylation is 1. The summed E-state index contributed by atoms with van der Waals surface area (Å²) in [4.78, 5) is 0. The van der Waals surface area contributed by atoms with E-state index >= 15 is 0 Å². The quantitative estimate of drug-likeness (QED) is 0.195. The molecule has 0 radical (unpaired) electrons. The van der Waals surface area contributed by atoms with Gasteiger partial charge in [-0.1, -0.05) is 42.0 Å². The van der Waals surface area contributed by atoms with Crippen molar-refractivity contribution in [1.82, 2.24) is 0 Å². The third-order valence-corrected chi connectivity index (χ3v) is 8.49. The van der Waals surface area contributed by atoms with E-state index in [9.17, 15) is 0 Å². The molecule has 28 heavy (non-hydrogen) atoms. The Hall–Kier alpha value is -1.95. The molecule has 3 heteroatoms. The van der Waals surface area contributed by atoms with Gasteiger partial charge in [0.05, 0.1) is 0 Å². The number of thiophene rings is 2. The number of rotatable bonds is 1. The van der Waals surface area contributed by atoms with Gasteiger partial charge in [0.15, 0.2) is 0 Å². The second-order valence-corrected chi connectivity index (χ2v) is 10.6. The Bertz CT molecular complexity index is 1530. The lowest BCUT2D eigenvalue weighted by Crippen LogP contribution is -1.81. The molecule has 0 unspecified atom stereocenters. The topological polar surface area (TPSA) is 0 Å². The Kier molecular flexibility index (Phi) is 3.80. The van der Waals surface area contributed by atoms with Crippen LogP contribution in [0.5, 0.6) is 0 Å². The van der Waals surface area contributed by atoms with Crippen molar-refractivity contribution in [3.05, 3.63) is 81.9 Å². The molecule has 0 atom stereocenters. The number of halogens is 1. The summed E-state index contributed by atoms with van der Waals surface area (Å²) in [7, 11) is 0. The van der Waals surface area contributed by atoms with Crippen LogP contribution in [0.4, 0.5) is 0 Å². The first kappa shape index (κ1) is 17.0. The maximum absolute atomic E-state index is 2.50. The average molecular weight is 506 g/mol. The Labute approximate surface area is 184 Å². The largest absolute Gasteiger partial charge is 0.135 e. The van der Waals surface area contributed by atoms with E-state index < -0.39 is 0 Å². The molecule has 0 spiro atoms. The van der Waals surface area contributed by atoms with Gasteiger partial charge < -0.3 is 0 Å². The summed E-state index contributed by atoms with van der Waals surface area (Å²) in [5, 5.41) is 5.50. The Morgan fingerprint density at radius 3 is 2.32 bits per heavy atom. The van der Waals surface area contributed by atoms with Gasteiger partial charge in [0.2, 0.25) is 0 Å². The summed E-state index contributed by atoms with van der Waals surface area (Å²) < 4.78 is 6.80. The standard InChI is InChI=1S/C25H15IS2/c1-14-6-9-22-19(10-14)17-8-7-15(12-23(17)27-22)16-11-20(26)25-18-4-2-3-5-21(18)28-24(25)13-16/h2-13H,1H3. The molecule has 2 aromatic heterocycles. The van der Waals surface area contributed by atoms with Gasteiger partial charge in [-0.15, -0.1) is 22.7 Å². The van der Waals surface area contributed by atoms with Crippen molar-refractivity contribution in [3.8, 4) is 11.1 Å². The van der Waals surface area contributed by atoms with Gasteiger partial charge in [-0.25, -0.2) is 0 Å². The van der Waals surface area contributed by atoms with E-state index in [1.165, 1.54) is 60.6 Å². The predicted molar refractivity (Wildman–Crippen MR) is 135 cm³/mol. The number of benzene rings is 4. The van der Waals surface area contributed by atoms with Gasteiger partial charge >= 0.3 is 0 Å². The van der Waals surface area contributed by atoms with Crippen molar-refractivity contribution in [2.45, 2.75) is 6.92 Å². The molecule has 0 N–H and O–H groups in total. The van der Waals surface area contributed by atoms with Crippen LogP contribution in [-0.4, -0.2) is 0 Å². The monoisotopic (exact) mass is 506 g/mol. The number of hydrogen-bond donors (Lipinski definition) is 0. The zero-order valence-corrected chi connectivity index (χ0v) is 18.9. The molecule has 0 aliphatic carbocycles. The smallest absolute Gasteiger partial charge is 0.0372 e. The number of fused-ring (bicyclic) bond motifs is 6. The fourth-order valence-corrected chi connectivity index (χ4v) is 7.44. The summed E-state index contributed by atoms with van der Waals surface area (Å²) in [5.74, 6) is 0. The molecule has 0 bridgehead atoms. The van der Waals surface area contributed by atoms with Crippen molar-refractivity contribution in [3.63, 3.8) is 0 Å². The minimum atomic E-state index is 1.30. The Morgan fingerprint density at radius 1 is 0.607 bits per heavy atom. The lowest BCUT2D eigenvalue weighted by atomic mass is 10.0. The van der Waals surface area contributed by atoms with Crippen LogP contribution in [0.3, 0.4) is 0 Å². The summed E-state index contributed by atoms with van der Waals surface area (Å²) in [5.41, 5.74) is 3.92. The fourth-order valence-electron chi connectivity index (χ4n) is 4.04. The Balaban J connectivity index is 1.58. The average Bonchev–Trinajstić information content (AvgIpc) is 3.25. The van der Waals surface area contributed by atoms with Gasteiger partial charge in [-0.2, -0.15) is 0 Å². The molecule has 6 aromatic rings. The van der Waals surface area contributed by atoms with E-state index in [0.29, 0.717) is 0 Å². The first-order chi connectivity index (χ1) is 13.7. The van der Waals surface area contributed by atoms with Crippen LogP contribution in [0, 0.1) is 10.5 Å². The van der Waals surface area contributed by atoms with Crippen LogP contribution in [0.15, 0.2) is 72.8 Å². The molecular weight excluding hydrogens is 491 g/mol. The summed E-state index contributed by atoms with van der Waals surface area (Å²) in [6, 6.07) is 27.1. The van der Waals surface area contributed by atoms with Crippen LogP contribution < -0.4 is 0 Å². The van der Waals surface area contributed by atoms with Gasteiger partial charge in [0.1, 0.15) is 0 Å². The van der Waals surface area contributed by atoms with Crippen molar-refractivity contribution >= 4 is 85.6 Å². The summed E-state index contributed by atoms with van der Waals surface area (Å²) in [6.45, 7) is 2.17. The lowest BCUT2D eigenvalue weighted by Gasteiger charge is -2.05. The van der Waals surface area contributed by atoms with E-state index in [0.717, 1.165) is 0 Å². The van der Waals surface area contributed by atoms with Crippen LogP contribution in [0.1, 0.15) is 5.56 Å². The maximum Gasteiger partial charge on any atom is 0.0372 e. The van der Waals surface area contributed by atoms with Gasteiger partial charge in [0.25, 0.3) is 0 Å². The zero-order chi connectivity index (χ0) is 18.8. The van der Waals surface area contributed by atoms with E-state index in [1.54, 1.807) is 0 Å².